The van der Waals surface area contributed by atoms with Crippen molar-refractivity contribution < 1.29 is 28.5 Å². The number of carbonyl (C=O) groups is 1. The number of carboxylic acids is 1. The van der Waals surface area contributed by atoms with Crippen LogP contribution in [0.2, 0.25) is 0 Å². The van der Waals surface area contributed by atoms with Crippen LogP contribution in [0.3, 0.4) is 0 Å². The third kappa shape index (κ3) is 5.82. The van der Waals surface area contributed by atoms with Crippen LogP contribution in [0.4, 0.5) is 10.2 Å². The average molecular weight is 658 g/mol. The second-order valence-electron chi connectivity index (χ2n) is 14.2. The predicted molar refractivity (Wildman–Crippen MR) is 182 cm³/mol. The molecule has 4 aromatic rings. The monoisotopic (exact) mass is 657 g/mol. The average Bonchev–Trinajstić information content (AvgIpc) is 3.36. The van der Waals surface area contributed by atoms with Gasteiger partial charge in [-0.1, -0.05) is 0 Å². The number of morpholine rings is 1. The molecule has 10 nitrogen and oxygen atoms in total. The molecule has 11 heteroatoms. The summed E-state index contributed by atoms with van der Waals surface area (Å²) in [6.45, 7) is 15.0. The molecule has 48 heavy (non-hydrogen) atoms. The summed E-state index contributed by atoms with van der Waals surface area (Å²) in [4.78, 5) is 27.4. The number of halogens is 1. The first-order valence-corrected chi connectivity index (χ1v) is 16.8. The summed E-state index contributed by atoms with van der Waals surface area (Å²) in [6, 6.07) is 8.10. The Kier molecular flexibility index (Phi) is 8.41. The minimum atomic E-state index is -1.33. The molecular formula is C37H44FN5O5. The van der Waals surface area contributed by atoms with Crippen LogP contribution in [0, 0.1) is 19.7 Å². The Morgan fingerprint density at radius 1 is 1.12 bits per heavy atom. The molecule has 0 radical (unpaired) electrons. The zero-order valence-electron chi connectivity index (χ0n) is 28.6. The molecule has 2 saturated heterocycles. The van der Waals surface area contributed by atoms with Crippen molar-refractivity contribution >= 4 is 22.8 Å². The topological polar surface area (TPSA) is 102 Å². The van der Waals surface area contributed by atoms with Gasteiger partial charge in [0.25, 0.3) is 0 Å². The number of pyridine rings is 2. The number of carboxylic acid groups (broad SMARTS) is 1. The van der Waals surface area contributed by atoms with E-state index < -0.39 is 23.5 Å². The Morgan fingerprint density at radius 2 is 1.88 bits per heavy atom. The van der Waals surface area contributed by atoms with Gasteiger partial charge in [-0.15, -0.1) is 0 Å². The maximum atomic E-state index is 15.8. The molecule has 2 fully saturated rings. The number of hydrogen-bond acceptors (Lipinski definition) is 8. The molecule has 3 aliphatic heterocycles. The van der Waals surface area contributed by atoms with Crippen molar-refractivity contribution in [1.82, 2.24) is 19.4 Å². The number of aliphatic carboxylic acids is 1. The SMILES string of the molecule is Cc1nc2c(cc(-c3ccnc(N4CC(N5CCOCC5)C4)c3)n2C)c(-c2cc(F)c3c(c2C)CCCO3)c1[C@H](OC(C)(C)C)C(=O)O. The quantitative estimate of drug-likeness (QED) is 0.263. The van der Waals surface area contributed by atoms with Crippen molar-refractivity contribution in [1.29, 1.82) is 0 Å². The van der Waals surface area contributed by atoms with E-state index in [4.69, 9.17) is 24.2 Å². The summed E-state index contributed by atoms with van der Waals surface area (Å²) in [6.07, 6.45) is 1.96. The van der Waals surface area contributed by atoms with E-state index in [0.29, 0.717) is 47.1 Å². The van der Waals surface area contributed by atoms with E-state index in [0.717, 1.165) is 79.4 Å². The minimum absolute atomic E-state index is 0.284. The Labute approximate surface area is 280 Å². The summed E-state index contributed by atoms with van der Waals surface area (Å²) in [5.74, 6) is -0.395. The molecule has 0 unspecified atom stereocenters. The van der Waals surface area contributed by atoms with Gasteiger partial charge in [-0.2, -0.15) is 0 Å². The predicted octanol–water partition coefficient (Wildman–Crippen LogP) is 5.84. The van der Waals surface area contributed by atoms with E-state index in [2.05, 4.69) is 15.9 Å². The zero-order chi connectivity index (χ0) is 33.9. The highest BCUT2D eigenvalue weighted by molar-refractivity contribution is 6.01. The molecule has 1 N–H and O–H groups in total. The lowest BCUT2D eigenvalue weighted by Crippen LogP contribution is -2.61. The number of nitrogens with zero attached hydrogens (tertiary/aromatic N) is 5. The normalized spacial score (nSPS) is 18.0. The number of anilines is 1. The van der Waals surface area contributed by atoms with E-state index in [1.165, 1.54) is 6.07 Å². The lowest BCUT2D eigenvalue weighted by atomic mass is 9.86. The molecule has 1 aromatic carbocycles. The molecule has 0 aliphatic carbocycles. The number of ether oxygens (including phenoxy) is 3. The van der Waals surface area contributed by atoms with Crippen LogP contribution in [0.25, 0.3) is 33.4 Å². The van der Waals surface area contributed by atoms with Gasteiger partial charge in [0.1, 0.15) is 11.5 Å². The molecule has 0 bridgehead atoms. The smallest absolute Gasteiger partial charge is 0.337 e. The van der Waals surface area contributed by atoms with Gasteiger partial charge in [-0.25, -0.2) is 19.2 Å². The van der Waals surface area contributed by atoms with Crippen LogP contribution in [0.15, 0.2) is 30.5 Å². The highest BCUT2D eigenvalue weighted by Crippen LogP contribution is 2.45. The van der Waals surface area contributed by atoms with Crippen molar-refractivity contribution in [2.45, 2.75) is 65.2 Å². The first-order chi connectivity index (χ1) is 22.9. The molecule has 0 saturated carbocycles. The number of aryl methyl sites for hydroxylation is 2. The number of hydrogen-bond donors (Lipinski definition) is 1. The van der Waals surface area contributed by atoms with Gasteiger partial charge in [0.05, 0.1) is 31.1 Å². The highest BCUT2D eigenvalue weighted by Gasteiger charge is 2.36. The number of rotatable bonds is 7. The van der Waals surface area contributed by atoms with Crippen molar-refractivity contribution in [3.05, 3.63) is 58.7 Å². The van der Waals surface area contributed by atoms with Crippen LogP contribution in [-0.4, -0.2) is 88.2 Å². The number of aromatic nitrogens is 3. The van der Waals surface area contributed by atoms with Crippen LogP contribution in [0.1, 0.15) is 55.7 Å². The summed E-state index contributed by atoms with van der Waals surface area (Å²) in [5.41, 5.74) is 5.61. The van der Waals surface area contributed by atoms with E-state index in [1.807, 2.05) is 57.6 Å². The Morgan fingerprint density at radius 3 is 2.58 bits per heavy atom. The van der Waals surface area contributed by atoms with Gasteiger partial charge in [0.15, 0.2) is 17.7 Å². The Bertz CT molecular complexity index is 1890. The highest BCUT2D eigenvalue weighted by atomic mass is 19.1. The summed E-state index contributed by atoms with van der Waals surface area (Å²) in [5, 5.41) is 11.3. The fraction of sp³-hybridized carbons (Fsp3) is 0.486. The molecule has 254 valence electrons. The molecule has 7 rings (SSSR count). The molecule has 3 aromatic heterocycles. The summed E-state index contributed by atoms with van der Waals surface area (Å²) >= 11 is 0. The molecule has 0 amide bonds. The van der Waals surface area contributed by atoms with Crippen LogP contribution >= 0.6 is 0 Å². The van der Waals surface area contributed by atoms with Gasteiger partial charge in [0.2, 0.25) is 0 Å². The second-order valence-corrected chi connectivity index (χ2v) is 14.2. The van der Waals surface area contributed by atoms with Crippen molar-refractivity contribution in [3.63, 3.8) is 0 Å². The Balaban J connectivity index is 1.38. The maximum Gasteiger partial charge on any atom is 0.337 e. The van der Waals surface area contributed by atoms with E-state index in [-0.39, 0.29) is 5.75 Å². The second kappa shape index (κ2) is 12.4. The number of fused-ring (bicyclic) bond motifs is 2. The fourth-order valence-electron chi connectivity index (χ4n) is 7.42. The minimum Gasteiger partial charge on any atom is -0.490 e. The van der Waals surface area contributed by atoms with E-state index >= 15 is 4.39 Å². The van der Waals surface area contributed by atoms with Gasteiger partial charge >= 0.3 is 5.97 Å². The Hall–Kier alpha value is -4.06. The van der Waals surface area contributed by atoms with Gasteiger partial charge in [0, 0.05) is 78.8 Å². The fourth-order valence-corrected chi connectivity index (χ4v) is 7.42. The third-order valence-corrected chi connectivity index (χ3v) is 9.86. The van der Waals surface area contributed by atoms with Crippen LogP contribution in [-0.2, 0) is 27.7 Å². The molecule has 6 heterocycles. The first-order valence-electron chi connectivity index (χ1n) is 16.8. The molecule has 1 atom stereocenters. The maximum absolute atomic E-state index is 15.8. The molecular weight excluding hydrogens is 613 g/mol. The van der Waals surface area contributed by atoms with E-state index in [9.17, 15) is 9.90 Å². The lowest BCUT2D eigenvalue weighted by molar-refractivity contribution is -0.160. The lowest BCUT2D eigenvalue weighted by Gasteiger charge is -2.47. The van der Waals surface area contributed by atoms with E-state index in [1.54, 1.807) is 6.92 Å². The van der Waals surface area contributed by atoms with Crippen molar-refractivity contribution in [3.8, 4) is 28.1 Å². The molecule has 3 aliphatic rings. The van der Waals surface area contributed by atoms with Crippen LogP contribution in [0.5, 0.6) is 5.75 Å². The number of benzene rings is 1. The molecule has 0 spiro atoms. The van der Waals surface area contributed by atoms with Crippen molar-refractivity contribution in [2.75, 3.05) is 50.9 Å². The first kappa shape index (κ1) is 32.5. The zero-order valence-corrected chi connectivity index (χ0v) is 28.6. The van der Waals surface area contributed by atoms with Gasteiger partial charge < -0.3 is 28.8 Å². The standard InChI is InChI=1S/C37H44FN5O5/c1-21-25-8-7-13-47-33(25)28(38)17-26(21)32-27-18-29(41(6)35(27)40-22(2)31(32)34(36(44)45)48-37(3,4)5)23-9-10-39-30(16-23)43-19-24(20-43)42-11-14-46-15-12-42/h9-10,16-18,24,34H,7-8,11-15,19-20H2,1-6H3,(H,44,45)/t34-/m0/s1. The van der Waals surface area contributed by atoms with Gasteiger partial charge in [-0.3, -0.25) is 4.90 Å². The third-order valence-electron chi connectivity index (χ3n) is 9.86. The van der Waals surface area contributed by atoms with Gasteiger partial charge in [-0.05, 0) is 82.9 Å². The van der Waals surface area contributed by atoms with Crippen molar-refractivity contribution in [2.24, 2.45) is 7.05 Å². The summed E-state index contributed by atoms with van der Waals surface area (Å²) < 4.78 is 35.3. The summed E-state index contributed by atoms with van der Waals surface area (Å²) in [7, 11) is 1.96. The largest absolute Gasteiger partial charge is 0.490 e. The van der Waals surface area contributed by atoms with Crippen LogP contribution < -0.4 is 9.64 Å².